The molecule has 0 aliphatic heterocycles. The van der Waals surface area contributed by atoms with Crippen LogP contribution in [0.3, 0.4) is 0 Å². The molecule has 7 heteroatoms. The van der Waals surface area contributed by atoms with Crippen molar-refractivity contribution in [3.63, 3.8) is 0 Å². The first kappa shape index (κ1) is 22.4. The minimum absolute atomic E-state index is 0.125. The van der Waals surface area contributed by atoms with Crippen LogP contribution >= 0.6 is 11.6 Å². The Morgan fingerprint density at radius 1 is 1.03 bits per heavy atom. The molecule has 2 aromatic carbocycles. The van der Waals surface area contributed by atoms with Crippen molar-refractivity contribution in [2.24, 2.45) is 0 Å². The highest BCUT2D eigenvalue weighted by Crippen LogP contribution is 2.14. The van der Waals surface area contributed by atoms with Crippen molar-refractivity contribution >= 4 is 35.0 Å². The van der Waals surface area contributed by atoms with E-state index < -0.39 is 6.04 Å². The summed E-state index contributed by atoms with van der Waals surface area (Å²) in [4.78, 5) is 38.7. The molecule has 0 spiro atoms. The second-order valence-corrected chi connectivity index (χ2v) is 7.26. The molecule has 29 heavy (non-hydrogen) atoms. The number of hydrogen-bond acceptors (Lipinski definition) is 3. The molecule has 1 atom stereocenters. The maximum Gasteiger partial charge on any atom is 0.245 e. The van der Waals surface area contributed by atoms with Crippen LogP contribution in [0.25, 0.3) is 0 Å². The molecule has 0 saturated carbocycles. The van der Waals surface area contributed by atoms with E-state index >= 15 is 0 Å². The molecule has 2 rings (SSSR count). The highest BCUT2D eigenvalue weighted by Gasteiger charge is 2.24. The molecule has 0 aromatic heterocycles. The molecular weight excluding hydrogens is 390 g/mol. The smallest absolute Gasteiger partial charge is 0.245 e. The summed E-state index contributed by atoms with van der Waals surface area (Å²) in [6, 6.07) is 15.5. The fraction of sp³-hybridized carbons (Fsp3) is 0.318. The number of carbonyl (C=O) groups is 3. The number of anilines is 1. The summed E-state index contributed by atoms with van der Waals surface area (Å²) in [6.07, 6.45) is 1.43. The van der Waals surface area contributed by atoms with Crippen molar-refractivity contribution in [3.8, 4) is 0 Å². The molecular formula is C22H26ClN3O3. The molecule has 0 aliphatic rings. The molecule has 0 fully saturated rings. The van der Waals surface area contributed by atoms with Crippen molar-refractivity contribution in [2.75, 3.05) is 18.9 Å². The van der Waals surface area contributed by atoms with Crippen LogP contribution in [0.5, 0.6) is 0 Å². The van der Waals surface area contributed by atoms with E-state index in [-0.39, 0.29) is 30.7 Å². The van der Waals surface area contributed by atoms with Crippen LogP contribution in [0.2, 0.25) is 5.02 Å². The van der Waals surface area contributed by atoms with Gasteiger partial charge in [-0.3, -0.25) is 14.4 Å². The molecule has 0 bridgehead atoms. The van der Waals surface area contributed by atoms with Gasteiger partial charge in [-0.2, -0.15) is 0 Å². The van der Waals surface area contributed by atoms with Gasteiger partial charge in [0, 0.05) is 17.8 Å². The Hall–Kier alpha value is -2.86. The molecule has 0 saturated heterocycles. The van der Waals surface area contributed by atoms with Crippen molar-refractivity contribution < 1.29 is 14.4 Å². The molecule has 0 radical (unpaired) electrons. The van der Waals surface area contributed by atoms with E-state index in [1.54, 1.807) is 31.3 Å². The third kappa shape index (κ3) is 7.58. The summed E-state index contributed by atoms with van der Waals surface area (Å²) in [5.74, 6) is -0.858. The third-order valence-corrected chi connectivity index (χ3v) is 4.52. The zero-order valence-electron chi connectivity index (χ0n) is 16.7. The molecule has 0 aliphatic carbocycles. The van der Waals surface area contributed by atoms with Crippen LogP contribution in [0, 0.1) is 0 Å². The van der Waals surface area contributed by atoms with Crippen LogP contribution in [-0.2, 0) is 20.8 Å². The molecule has 1 unspecified atom stereocenters. The Kier molecular flexibility index (Phi) is 8.68. The molecule has 0 heterocycles. The SMILES string of the molecule is CCCC(NC(=O)Cc1ccccc1)C(=O)N(C)CC(=O)Nc1cccc(Cl)c1. The fourth-order valence-corrected chi connectivity index (χ4v) is 3.09. The topological polar surface area (TPSA) is 78.5 Å². The first-order valence-electron chi connectivity index (χ1n) is 9.52. The van der Waals surface area contributed by atoms with Gasteiger partial charge in [0.05, 0.1) is 13.0 Å². The number of halogens is 1. The van der Waals surface area contributed by atoms with Crippen LogP contribution < -0.4 is 10.6 Å². The standard InChI is InChI=1S/C22H26ClN3O3/c1-3-8-19(25-20(27)13-16-9-5-4-6-10-16)22(29)26(2)15-21(28)24-18-12-7-11-17(23)14-18/h4-7,9-12,14,19H,3,8,13,15H2,1-2H3,(H,24,28)(H,25,27). The summed E-state index contributed by atoms with van der Waals surface area (Å²) < 4.78 is 0. The normalized spacial score (nSPS) is 11.4. The highest BCUT2D eigenvalue weighted by molar-refractivity contribution is 6.30. The third-order valence-electron chi connectivity index (χ3n) is 4.28. The van der Waals surface area contributed by atoms with Gasteiger partial charge in [0.2, 0.25) is 17.7 Å². The van der Waals surface area contributed by atoms with Crippen LogP contribution in [0.4, 0.5) is 5.69 Å². The van der Waals surface area contributed by atoms with Gasteiger partial charge in [0.25, 0.3) is 0 Å². The van der Waals surface area contributed by atoms with E-state index in [1.807, 2.05) is 37.3 Å². The predicted molar refractivity (Wildman–Crippen MR) is 115 cm³/mol. The first-order chi connectivity index (χ1) is 13.9. The van der Waals surface area contributed by atoms with Crippen LogP contribution in [0.1, 0.15) is 25.3 Å². The maximum atomic E-state index is 12.8. The first-order valence-corrected chi connectivity index (χ1v) is 9.90. The number of nitrogens with one attached hydrogen (secondary N) is 2. The minimum Gasteiger partial charge on any atom is -0.344 e. The van der Waals surface area contributed by atoms with Gasteiger partial charge in [-0.15, -0.1) is 0 Å². The second kappa shape index (κ2) is 11.2. The Labute approximate surface area is 176 Å². The number of nitrogens with zero attached hydrogens (tertiary/aromatic N) is 1. The Morgan fingerprint density at radius 2 is 1.76 bits per heavy atom. The lowest BCUT2D eigenvalue weighted by molar-refractivity contribution is -0.137. The molecule has 6 nitrogen and oxygen atoms in total. The maximum absolute atomic E-state index is 12.8. The number of carbonyl (C=O) groups excluding carboxylic acids is 3. The number of likely N-dealkylation sites (N-methyl/N-ethyl adjacent to an activating group) is 1. The van der Waals surface area contributed by atoms with E-state index in [9.17, 15) is 14.4 Å². The van der Waals surface area contributed by atoms with Gasteiger partial charge < -0.3 is 15.5 Å². The van der Waals surface area contributed by atoms with Gasteiger partial charge in [-0.1, -0.05) is 61.3 Å². The lowest BCUT2D eigenvalue weighted by Crippen LogP contribution is -2.49. The van der Waals surface area contributed by atoms with E-state index in [4.69, 9.17) is 11.6 Å². The zero-order valence-corrected chi connectivity index (χ0v) is 17.4. The lowest BCUT2D eigenvalue weighted by Gasteiger charge is -2.24. The highest BCUT2D eigenvalue weighted by atomic mass is 35.5. The summed E-state index contributed by atoms with van der Waals surface area (Å²) >= 11 is 5.91. The van der Waals surface area contributed by atoms with Gasteiger partial charge in [0.15, 0.2) is 0 Å². The molecule has 2 N–H and O–H groups in total. The average Bonchev–Trinajstić information content (AvgIpc) is 2.67. The van der Waals surface area contributed by atoms with Crippen LogP contribution in [-0.4, -0.2) is 42.3 Å². The summed E-state index contributed by atoms with van der Waals surface area (Å²) in [6.45, 7) is 1.82. The van der Waals surface area contributed by atoms with E-state index in [2.05, 4.69) is 10.6 Å². The number of amides is 3. The largest absolute Gasteiger partial charge is 0.344 e. The van der Waals surface area contributed by atoms with Crippen molar-refractivity contribution in [1.29, 1.82) is 0 Å². The van der Waals surface area contributed by atoms with Crippen LogP contribution in [0.15, 0.2) is 54.6 Å². The average molecular weight is 416 g/mol. The number of hydrogen-bond donors (Lipinski definition) is 2. The lowest BCUT2D eigenvalue weighted by atomic mass is 10.1. The van der Waals surface area contributed by atoms with E-state index in [0.29, 0.717) is 17.1 Å². The second-order valence-electron chi connectivity index (χ2n) is 6.82. The minimum atomic E-state index is -0.666. The zero-order chi connectivity index (χ0) is 21.2. The van der Waals surface area contributed by atoms with Gasteiger partial charge >= 0.3 is 0 Å². The summed E-state index contributed by atoms with van der Waals surface area (Å²) in [5.41, 5.74) is 1.44. The van der Waals surface area contributed by atoms with Gasteiger partial charge in [0.1, 0.15) is 6.04 Å². The number of rotatable bonds is 9. The van der Waals surface area contributed by atoms with E-state index in [0.717, 1.165) is 12.0 Å². The van der Waals surface area contributed by atoms with Crippen molar-refractivity contribution in [3.05, 3.63) is 65.2 Å². The number of benzene rings is 2. The fourth-order valence-electron chi connectivity index (χ4n) is 2.90. The predicted octanol–water partition coefficient (Wildman–Crippen LogP) is 3.26. The van der Waals surface area contributed by atoms with Gasteiger partial charge in [-0.25, -0.2) is 0 Å². The summed E-state index contributed by atoms with van der Waals surface area (Å²) in [7, 11) is 1.55. The molecule has 3 amide bonds. The molecule has 2 aromatic rings. The Bertz CT molecular complexity index is 842. The summed E-state index contributed by atoms with van der Waals surface area (Å²) in [5, 5.41) is 6.02. The molecule has 154 valence electrons. The van der Waals surface area contributed by atoms with Crippen molar-refractivity contribution in [1.82, 2.24) is 10.2 Å². The Balaban J connectivity index is 1.92. The Morgan fingerprint density at radius 3 is 2.41 bits per heavy atom. The van der Waals surface area contributed by atoms with Crippen molar-refractivity contribution in [2.45, 2.75) is 32.2 Å². The van der Waals surface area contributed by atoms with Gasteiger partial charge in [-0.05, 0) is 30.2 Å². The quantitative estimate of drug-likeness (QED) is 0.659. The van der Waals surface area contributed by atoms with E-state index in [1.165, 1.54) is 4.90 Å². The monoisotopic (exact) mass is 415 g/mol.